The molecule has 3 rings (SSSR count). The molecule has 2 aliphatic heterocycles. The average molecular weight is 262 g/mol. The minimum atomic E-state index is 0.347. The Kier molecular flexibility index (Phi) is 3.66. The van der Waals surface area contributed by atoms with Crippen molar-refractivity contribution in [3.05, 3.63) is 17.8 Å². The van der Waals surface area contributed by atoms with Crippen molar-refractivity contribution in [3.63, 3.8) is 0 Å². The van der Waals surface area contributed by atoms with Crippen LogP contribution in [0.4, 0.5) is 5.82 Å². The van der Waals surface area contributed by atoms with Gasteiger partial charge in [-0.05, 0) is 32.0 Å². The summed E-state index contributed by atoms with van der Waals surface area (Å²) in [6, 6.07) is 4.53. The molecule has 1 aromatic heterocycles. The number of morpholine rings is 1. The fraction of sp³-hybridized carbons (Fsp3) is 0.714. The van der Waals surface area contributed by atoms with Crippen LogP contribution < -0.4 is 4.90 Å². The number of hydrogen-bond donors (Lipinski definition) is 0. The predicted octanol–water partition coefficient (Wildman–Crippen LogP) is 1.08. The average Bonchev–Trinajstić information content (AvgIpc) is 2.47. The number of hydrogen-bond acceptors (Lipinski definition) is 5. The van der Waals surface area contributed by atoms with E-state index in [1.165, 1.54) is 0 Å². The van der Waals surface area contributed by atoms with E-state index >= 15 is 0 Å². The summed E-state index contributed by atoms with van der Waals surface area (Å²) in [6.07, 6.45) is 1.47. The number of piperidine rings is 1. The van der Waals surface area contributed by atoms with Gasteiger partial charge in [0.05, 0.1) is 24.4 Å². The molecule has 0 N–H and O–H groups in total. The Labute approximate surface area is 114 Å². The highest BCUT2D eigenvalue weighted by Crippen LogP contribution is 2.26. The van der Waals surface area contributed by atoms with Gasteiger partial charge in [0.1, 0.15) is 0 Å². The molecule has 0 unspecified atom stereocenters. The van der Waals surface area contributed by atoms with Gasteiger partial charge < -0.3 is 14.5 Å². The van der Waals surface area contributed by atoms with Gasteiger partial charge in [0.2, 0.25) is 0 Å². The maximum atomic E-state index is 5.93. The zero-order valence-electron chi connectivity index (χ0n) is 11.7. The largest absolute Gasteiger partial charge is 0.374 e. The van der Waals surface area contributed by atoms with Gasteiger partial charge in [-0.25, -0.2) is 0 Å². The third-order valence-corrected chi connectivity index (χ3v) is 4.19. The number of fused-ring (bicyclic) bond motifs is 1. The summed E-state index contributed by atoms with van der Waals surface area (Å²) in [7, 11) is 0. The molecule has 5 heteroatoms. The van der Waals surface area contributed by atoms with Gasteiger partial charge in [-0.15, -0.1) is 5.10 Å². The molecule has 3 heterocycles. The summed E-state index contributed by atoms with van der Waals surface area (Å²) in [4.78, 5) is 4.87. The lowest BCUT2D eigenvalue weighted by Crippen LogP contribution is -2.60. The van der Waals surface area contributed by atoms with Crippen molar-refractivity contribution >= 4 is 5.82 Å². The summed E-state index contributed by atoms with van der Waals surface area (Å²) in [5.74, 6) is 0.988. The molecule has 2 atom stereocenters. The highest BCUT2D eigenvalue weighted by atomic mass is 16.5. The van der Waals surface area contributed by atoms with Crippen LogP contribution in [0.2, 0.25) is 0 Å². The zero-order chi connectivity index (χ0) is 13.2. The summed E-state index contributed by atoms with van der Waals surface area (Å²) in [5, 5.41) is 8.53. The Morgan fingerprint density at radius 3 is 2.95 bits per heavy atom. The Morgan fingerprint density at radius 1 is 1.32 bits per heavy atom. The highest BCUT2D eigenvalue weighted by Gasteiger charge is 2.37. The molecule has 1 aromatic rings. The molecular formula is C14H22N4O. The first kappa shape index (κ1) is 12.8. The number of likely N-dealkylation sites (tertiary alicyclic amines) is 1. The molecule has 0 aliphatic carbocycles. The number of rotatable bonds is 2. The third-order valence-electron chi connectivity index (χ3n) is 4.19. The lowest BCUT2D eigenvalue weighted by atomic mass is 9.98. The van der Waals surface area contributed by atoms with Gasteiger partial charge in [0, 0.05) is 19.6 Å². The molecule has 19 heavy (non-hydrogen) atoms. The van der Waals surface area contributed by atoms with E-state index in [1.807, 2.05) is 13.0 Å². The van der Waals surface area contributed by atoms with E-state index in [0.29, 0.717) is 12.1 Å². The normalized spacial score (nSPS) is 28.2. The van der Waals surface area contributed by atoms with E-state index in [0.717, 1.165) is 50.7 Å². The van der Waals surface area contributed by atoms with Crippen molar-refractivity contribution in [2.24, 2.45) is 0 Å². The van der Waals surface area contributed by atoms with Crippen LogP contribution in [0, 0.1) is 6.92 Å². The van der Waals surface area contributed by atoms with Crippen LogP contribution in [0.1, 0.15) is 19.0 Å². The van der Waals surface area contributed by atoms with E-state index < -0.39 is 0 Å². The number of ether oxygens (including phenoxy) is 1. The first-order valence-electron chi connectivity index (χ1n) is 7.19. The lowest BCUT2D eigenvalue weighted by molar-refractivity contribution is -0.0282. The van der Waals surface area contributed by atoms with Crippen molar-refractivity contribution in [3.8, 4) is 0 Å². The van der Waals surface area contributed by atoms with Crippen LogP contribution in [-0.2, 0) is 4.74 Å². The van der Waals surface area contributed by atoms with E-state index in [-0.39, 0.29) is 0 Å². The summed E-state index contributed by atoms with van der Waals surface area (Å²) in [6.45, 7) is 9.22. The summed E-state index contributed by atoms with van der Waals surface area (Å²) < 4.78 is 5.93. The second kappa shape index (κ2) is 5.43. The van der Waals surface area contributed by atoms with Crippen molar-refractivity contribution in [1.82, 2.24) is 15.1 Å². The van der Waals surface area contributed by atoms with Crippen molar-refractivity contribution < 1.29 is 4.74 Å². The fourth-order valence-corrected chi connectivity index (χ4v) is 3.05. The van der Waals surface area contributed by atoms with E-state index in [4.69, 9.17) is 4.74 Å². The monoisotopic (exact) mass is 262 g/mol. The molecule has 2 saturated heterocycles. The van der Waals surface area contributed by atoms with Crippen LogP contribution >= 0.6 is 0 Å². The summed E-state index contributed by atoms with van der Waals surface area (Å²) >= 11 is 0. The van der Waals surface area contributed by atoms with Crippen LogP contribution in [0.5, 0.6) is 0 Å². The quantitative estimate of drug-likeness (QED) is 0.798. The van der Waals surface area contributed by atoms with Crippen LogP contribution in [0.15, 0.2) is 12.1 Å². The van der Waals surface area contributed by atoms with Gasteiger partial charge >= 0.3 is 0 Å². The predicted molar refractivity (Wildman–Crippen MR) is 74.4 cm³/mol. The number of aromatic nitrogens is 2. The Morgan fingerprint density at radius 2 is 2.21 bits per heavy atom. The van der Waals surface area contributed by atoms with Gasteiger partial charge in [-0.3, -0.25) is 0 Å². The second-order valence-electron chi connectivity index (χ2n) is 5.38. The van der Waals surface area contributed by atoms with Crippen molar-refractivity contribution in [2.75, 3.05) is 37.7 Å². The minimum Gasteiger partial charge on any atom is -0.374 e. The van der Waals surface area contributed by atoms with Gasteiger partial charge in [0.25, 0.3) is 0 Å². The van der Waals surface area contributed by atoms with Crippen LogP contribution in [-0.4, -0.2) is 60.0 Å². The van der Waals surface area contributed by atoms with E-state index in [1.54, 1.807) is 0 Å². The Bertz CT molecular complexity index is 422. The third kappa shape index (κ3) is 2.58. The topological polar surface area (TPSA) is 41.5 Å². The van der Waals surface area contributed by atoms with Gasteiger partial charge in [-0.2, -0.15) is 5.10 Å². The SMILES string of the molecule is CCN1CC[C@H]2OCCN(c3ccc(C)nn3)[C@H]2C1. The second-order valence-corrected chi connectivity index (χ2v) is 5.38. The van der Waals surface area contributed by atoms with E-state index in [2.05, 4.69) is 33.0 Å². The molecule has 0 aromatic carbocycles. The first-order chi connectivity index (χ1) is 9.28. The van der Waals surface area contributed by atoms with Crippen molar-refractivity contribution in [1.29, 1.82) is 0 Å². The number of likely N-dealkylation sites (N-methyl/N-ethyl adjacent to an activating group) is 1. The molecule has 2 aliphatic rings. The standard InChI is InChI=1S/C14H22N4O/c1-3-17-7-6-13-12(10-17)18(8-9-19-13)14-5-4-11(2)15-16-14/h4-5,12-13H,3,6-10H2,1-2H3/t12-,13+/m0/s1. The number of anilines is 1. The molecule has 2 fully saturated rings. The maximum Gasteiger partial charge on any atom is 0.151 e. The van der Waals surface area contributed by atoms with Crippen molar-refractivity contribution in [2.45, 2.75) is 32.4 Å². The molecular weight excluding hydrogens is 240 g/mol. The number of nitrogens with zero attached hydrogens (tertiary/aromatic N) is 4. The lowest BCUT2D eigenvalue weighted by Gasteiger charge is -2.47. The summed E-state index contributed by atoms with van der Waals surface area (Å²) in [5.41, 5.74) is 0.965. The molecule has 0 bridgehead atoms. The molecule has 104 valence electrons. The number of aryl methyl sites for hydroxylation is 1. The fourth-order valence-electron chi connectivity index (χ4n) is 3.05. The van der Waals surface area contributed by atoms with Crippen LogP contribution in [0.3, 0.4) is 0 Å². The highest BCUT2D eigenvalue weighted by molar-refractivity contribution is 5.40. The minimum absolute atomic E-state index is 0.347. The Balaban J connectivity index is 1.81. The van der Waals surface area contributed by atoms with Gasteiger partial charge in [-0.1, -0.05) is 6.92 Å². The smallest absolute Gasteiger partial charge is 0.151 e. The molecule has 0 radical (unpaired) electrons. The first-order valence-corrected chi connectivity index (χ1v) is 7.19. The molecule has 0 spiro atoms. The molecule has 5 nitrogen and oxygen atoms in total. The Hall–Kier alpha value is -1.20. The van der Waals surface area contributed by atoms with E-state index in [9.17, 15) is 0 Å². The molecule has 0 saturated carbocycles. The zero-order valence-corrected chi connectivity index (χ0v) is 11.7. The molecule has 0 amide bonds. The maximum absolute atomic E-state index is 5.93. The van der Waals surface area contributed by atoms with Crippen LogP contribution in [0.25, 0.3) is 0 Å². The van der Waals surface area contributed by atoms with Gasteiger partial charge in [0.15, 0.2) is 5.82 Å².